The fraction of sp³-hybridized carbons (Fsp3) is 0.933. The molecule has 1 rings (SSSR count). The van der Waals surface area contributed by atoms with Gasteiger partial charge in [-0.05, 0) is 20.4 Å². The lowest BCUT2D eigenvalue weighted by Crippen LogP contribution is -2.69. The highest BCUT2D eigenvalue weighted by Crippen LogP contribution is 2.51. The number of aliphatic imine (C=N–C) groups is 1. The molecule has 0 heterocycles. The van der Waals surface area contributed by atoms with Crippen LogP contribution < -0.4 is 10.6 Å². The Kier molecular flexibility index (Phi) is 6.32. The number of nitrogens with one attached hydrogen (secondary N) is 2. The van der Waals surface area contributed by atoms with E-state index < -0.39 is 12.7 Å². The molecule has 0 aromatic heterocycles. The van der Waals surface area contributed by atoms with Gasteiger partial charge in [-0.3, -0.25) is 9.89 Å². The summed E-state index contributed by atoms with van der Waals surface area (Å²) in [6.45, 7) is 6.09. The van der Waals surface area contributed by atoms with E-state index in [1.54, 1.807) is 14.2 Å². The van der Waals surface area contributed by atoms with Crippen LogP contribution in [-0.4, -0.2) is 69.5 Å². The number of rotatable bonds is 6. The van der Waals surface area contributed by atoms with Crippen LogP contribution in [0.5, 0.6) is 0 Å². The number of methoxy groups -OCH3 is 1. The fourth-order valence-electron chi connectivity index (χ4n) is 2.83. The van der Waals surface area contributed by atoms with E-state index in [1.807, 2.05) is 0 Å². The Morgan fingerprint density at radius 3 is 2.39 bits per heavy atom. The highest BCUT2D eigenvalue weighted by molar-refractivity contribution is 5.80. The van der Waals surface area contributed by atoms with Gasteiger partial charge in [0.1, 0.15) is 0 Å². The van der Waals surface area contributed by atoms with Gasteiger partial charge in [0.2, 0.25) is 0 Å². The second-order valence-electron chi connectivity index (χ2n) is 6.91. The van der Waals surface area contributed by atoms with Crippen LogP contribution in [-0.2, 0) is 4.74 Å². The maximum absolute atomic E-state index is 12.3. The number of alkyl halides is 3. The summed E-state index contributed by atoms with van der Waals surface area (Å²) in [7, 11) is 4.81. The minimum absolute atomic E-state index is 0.0630. The first-order valence-corrected chi connectivity index (χ1v) is 7.73. The van der Waals surface area contributed by atoms with E-state index in [4.69, 9.17) is 4.74 Å². The zero-order chi connectivity index (χ0) is 17.9. The summed E-state index contributed by atoms with van der Waals surface area (Å²) < 4.78 is 42.4. The molecule has 1 aliphatic carbocycles. The minimum Gasteiger partial charge on any atom is -0.378 e. The third kappa shape index (κ3) is 4.97. The smallest absolute Gasteiger partial charge is 0.378 e. The van der Waals surface area contributed by atoms with Crippen LogP contribution in [0.1, 0.15) is 27.2 Å². The van der Waals surface area contributed by atoms with E-state index in [1.165, 1.54) is 11.9 Å². The number of halogens is 3. The number of hydrogen-bond donors (Lipinski definition) is 2. The lowest BCUT2D eigenvalue weighted by Gasteiger charge is -2.59. The Morgan fingerprint density at radius 2 is 1.96 bits per heavy atom. The predicted octanol–water partition coefficient (Wildman–Crippen LogP) is 1.85. The topological polar surface area (TPSA) is 48.9 Å². The van der Waals surface area contributed by atoms with Crippen LogP contribution in [0.2, 0.25) is 0 Å². The van der Waals surface area contributed by atoms with Crippen LogP contribution in [0.25, 0.3) is 0 Å². The summed E-state index contributed by atoms with van der Waals surface area (Å²) in [4.78, 5) is 5.37. The van der Waals surface area contributed by atoms with Crippen LogP contribution in [0.4, 0.5) is 13.2 Å². The second kappa shape index (κ2) is 7.25. The molecule has 0 amide bonds. The van der Waals surface area contributed by atoms with Gasteiger partial charge in [-0.15, -0.1) is 0 Å². The van der Waals surface area contributed by atoms with Gasteiger partial charge in [-0.1, -0.05) is 13.8 Å². The average molecular weight is 338 g/mol. The van der Waals surface area contributed by atoms with E-state index in [2.05, 4.69) is 36.4 Å². The molecule has 2 unspecified atom stereocenters. The Labute approximate surface area is 136 Å². The molecular weight excluding hydrogens is 309 g/mol. The average Bonchev–Trinajstić information content (AvgIpc) is 2.42. The van der Waals surface area contributed by atoms with Crippen molar-refractivity contribution < 1.29 is 17.9 Å². The first-order chi connectivity index (χ1) is 10.4. The lowest BCUT2D eigenvalue weighted by molar-refractivity contribution is -0.176. The van der Waals surface area contributed by atoms with E-state index in [9.17, 15) is 13.2 Å². The van der Waals surface area contributed by atoms with Crippen molar-refractivity contribution in [3.8, 4) is 0 Å². The van der Waals surface area contributed by atoms with Gasteiger partial charge in [0.25, 0.3) is 0 Å². The van der Waals surface area contributed by atoms with Gasteiger partial charge in [0.05, 0.1) is 12.1 Å². The third-order valence-electron chi connectivity index (χ3n) is 5.05. The molecule has 2 atom stereocenters. The van der Waals surface area contributed by atoms with Crippen LogP contribution >= 0.6 is 0 Å². The van der Waals surface area contributed by atoms with Gasteiger partial charge in [0, 0.05) is 38.7 Å². The number of nitrogens with zero attached hydrogens (tertiary/aromatic N) is 2. The molecule has 1 aliphatic rings. The molecule has 0 spiro atoms. The number of hydrogen-bond acceptors (Lipinski definition) is 3. The highest BCUT2D eigenvalue weighted by Gasteiger charge is 2.58. The third-order valence-corrected chi connectivity index (χ3v) is 5.05. The van der Waals surface area contributed by atoms with Crippen molar-refractivity contribution in [2.75, 3.05) is 40.8 Å². The number of likely N-dealkylation sites (N-methyl/N-ethyl adjacent to an activating group) is 1. The summed E-state index contributed by atoms with van der Waals surface area (Å²) in [6, 6.07) is 0.201. The van der Waals surface area contributed by atoms with E-state index in [0.29, 0.717) is 12.5 Å². The highest BCUT2D eigenvalue weighted by atomic mass is 19.4. The number of guanidine groups is 1. The van der Waals surface area contributed by atoms with Gasteiger partial charge in [0.15, 0.2) is 5.96 Å². The standard InChI is InChI=1S/C15H29F3N4O/c1-13(2)11(9-14(13,3)23-6)21-12(19-4)20-7-8-22(5)10-15(16,17)18/h11H,7-10H2,1-6H3,(H2,19,20,21). The summed E-state index contributed by atoms with van der Waals surface area (Å²) >= 11 is 0. The van der Waals surface area contributed by atoms with Gasteiger partial charge < -0.3 is 15.4 Å². The zero-order valence-electron chi connectivity index (χ0n) is 14.8. The van der Waals surface area contributed by atoms with Gasteiger partial charge in [-0.2, -0.15) is 13.2 Å². The SMILES string of the molecule is CN=C(NCCN(C)CC(F)(F)F)NC1CC(C)(OC)C1(C)C. The maximum Gasteiger partial charge on any atom is 0.401 e. The second-order valence-corrected chi connectivity index (χ2v) is 6.91. The molecule has 0 aromatic rings. The Bertz CT molecular complexity index is 425. The fourth-order valence-corrected chi connectivity index (χ4v) is 2.83. The first kappa shape index (κ1) is 20.0. The molecular formula is C15H29F3N4O. The molecule has 1 saturated carbocycles. The largest absolute Gasteiger partial charge is 0.401 e. The Hall–Kier alpha value is -1.02. The van der Waals surface area contributed by atoms with Crippen molar-refractivity contribution in [1.29, 1.82) is 0 Å². The molecule has 0 aliphatic heterocycles. The van der Waals surface area contributed by atoms with Crippen LogP contribution in [0.15, 0.2) is 4.99 Å². The monoisotopic (exact) mass is 338 g/mol. The molecule has 0 radical (unpaired) electrons. The van der Waals surface area contributed by atoms with E-state index >= 15 is 0 Å². The lowest BCUT2D eigenvalue weighted by atomic mass is 9.56. The molecule has 0 saturated heterocycles. The summed E-state index contributed by atoms with van der Waals surface area (Å²) in [5.41, 5.74) is -0.247. The summed E-state index contributed by atoms with van der Waals surface area (Å²) in [5.74, 6) is 0.599. The molecule has 8 heteroatoms. The summed E-state index contributed by atoms with van der Waals surface area (Å²) in [6.07, 6.45) is -3.32. The molecule has 136 valence electrons. The van der Waals surface area contributed by atoms with Crippen molar-refractivity contribution in [1.82, 2.24) is 15.5 Å². The van der Waals surface area contributed by atoms with Crippen molar-refractivity contribution in [3.63, 3.8) is 0 Å². The van der Waals surface area contributed by atoms with Crippen LogP contribution in [0, 0.1) is 5.41 Å². The molecule has 23 heavy (non-hydrogen) atoms. The predicted molar refractivity (Wildman–Crippen MR) is 85.6 cm³/mol. The molecule has 5 nitrogen and oxygen atoms in total. The van der Waals surface area contributed by atoms with E-state index in [-0.39, 0.29) is 23.6 Å². The van der Waals surface area contributed by atoms with Crippen LogP contribution in [0.3, 0.4) is 0 Å². The van der Waals surface area contributed by atoms with Gasteiger partial charge in [-0.25, -0.2) is 0 Å². The molecule has 0 aromatic carbocycles. The normalized spacial score (nSPS) is 27.7. The maximum atomic E-state index is 12.3. The van der Waals surface area contributed by atoms with Gasteiger partial charge >= 0.3 is 6.18 Å². The minimum atomic E-state index is -4.17. The van der Waals surface area contributed by atoms with E-state index in [0.717, 1.165) is 6.42 Å². The quantitative estimate of drug-likeness (QED) is 0.573. The number of ether oxygens (including phenoxy) is 1. The molecule has 0 bridgehead atoms. The Morgan fingerprint density at radius 1 is 1.35 bits per heavy atom. The molecule has 1 fully saturated rings. The van der Waals surface area contributed by atoms with Crippen molar-refractivity contribution in [2.24, 2.45) is 10.4 Å². The Balaban J connectivity index is 2.40. The zero-order valence-corrected chi connectivity index (χ0v) is 14.8. The van der Waals surface area contributed by atoms with Crippen molar-refractivity contribution in [3.05, 3.63) is 0 Å². The molecule has 2 N–H and O–H groups in total. The van der Waals surface area contributed by atoms with Crippen molar-refractivity contribution in [2.45, 2.75) is 45.0 Å². The first-order valence-electron chi connectivity index (χ1n) is 7.73. The van der Waals surface area contributed by atoms with Crippen molar-refractivity contribution >= 4 is 5.96 Å². The summed E-state index contributed by atoms with van der Waals surface area (Å²) in [5, 5.41) is 6.38.